The first-order valence-electron chi connectivity index (χ1n) is 8.22. The van der Waals surface area contributed by atoms with E-state index in [1.54, 1.807) is 11.3 Å². The molecule has 1 aromatic heterocycles. The Balaban J connectivity index is 1.76. The topological polar surface area (TPSA) is 28.5 Å². The van der Waals surface area contributed by atoms with E-state index in [2.05, 4.69) is 86.8 Å². The Bertz CT molecular complexity index is 930. The number of aromatic nitrogens is 1. The van der Waals surface area contributed by atoms with Gasteiger partial charge in [-0.2, -0.15) is 5.10 Å². The molecule has 0 bridgehead atoms. The summed E-state index contributed by atoms with van der Waals surface area (Å²) >= 11 is 5.17. The van der Waals surface area contributed by atoms with Gasteiger partial charge in [0.15, 0.2) is 0 Å². The molecule has 3 aromatic rings. The average molecular weight is 412 g/mol. The third-order valence-electron chi connectivity index (χ3n) is 4.42. The van der Waals surface area contributed by atoms with Gasteiger partial charge in [0.2, 0.25) is 5.13 Å². The molecule has 0 spiro atoms. The zero-order chi connectivity index (χ0) is 17.4. The van der Waals surface area contributed by atoms with E-state index in [4.69, 9.17) is 5.10 Å². The molecule has 126 valence electrons. The van der Waals surface area contributed by atoms with Gasteiger partial charge in [0, 0.05) is 21.8 Å². The van der Waals surface area contributed by atoms with Gasteiger partial charge >= 0.3 is 0 Å². The third-order valence-corrected chi connectivity index (χ3v) is 5.90. The van der Waals surface area contributed by atoms with Crippen LogP contribution in [0, 0.1) is 13.8 Å². The molecule has 0 amide bonds. The van der Waals surface area contributed by atoms with Crippen molar-refractivity contribution in [3.05, 3.63) is 80.8 Å². The molecule has 1 aliphatic heterocycles. The molecular formula is C20H18BrN3S. The monoisotopic (exact) mass is 411 g/mol. The molecule has 2 heterocycles. The molecule has 0 aliphatic carbocycles. The summed E-state index contributed by atoms with van der Waals surface area (Å²) < 4.78 is 1.09. The largest absolute Gasteiger partial charge is 0.231 e. The molecule has 1 aliphatic rings. The highest BCUT2D eigenvalue weighted by atomic mass is 79.9. The maximum Gasteiger partial charge on any atom is 0.206 e. The molecule has 1 unspecified atom stereocenters. The SMILES string of the molecule is Cc1csc(N2N=C(c3ccccc3C)CC2c2ccc(Br)cc2)n1. The number of hydrogen-bond acceptors (Lipinski definition) is 4. The van der Waals surface area contributed by atoms with Crippen molar-refractivity contribution in [2.45, 2.75) is 26.3 Å². The highest BCUT2D eigenvalue weighted by molar-refractivity contribution is 9.10. The van der Waals surface area contributed by atoms with Crippen molar-refractivity contribution in [3.63, 3.8) is 0 Å². The summed E-state index contributed by atoms with van der Waals surface area (Å²) in [4.78, 5) is 4.66. The van der Waals surface area contributed by atoms with Crippen molar-refractivity contribution < 1.29 is 0 Å². The van der Waals surface area contributed by atoms with Crippen molar-refractivity contribution in [1.29, 1.82) is 0 Å². The lowest BCUT2D eigenvalue weighted by Crippen LogP contribution is -2.18. The second kappa shape index (κ2) is 6.73. The average Bonchev–Trinajstić information content (AvgIpc) is 3.22. The second-order valence-electron chi connectivity index (χ2n) is 6.25. The van der Waals surface area contributed by atoms with E-state index in [9.17, 15) is 0 Å². The standard InChI is InChI=1S/C20H18BrN3S/c1-13-5-3-4-6-17(13)18-11-19(15-7-9-16(21)10-8-15)24(23-18)20-22-14(2)12-25-20/h3-10,12,19H,11H2,1-2H3. The smallest absolute Gasteiger partial charge is 0.206 e. The van der Waals surface area contributed by atoms with Crippen LogP contribution in [0.4, 0.5) is 5.13 Å². The number of benzene rings is 2. The Morgan fingerprint density at radius 3 is 2.52 bits per heavy atom. The minimum absolute atomic E-state index is 0.174. The molecular weight excluding hydrogens is 394 g/mol. The summed E-state index contributed by atoms with van der Waals surface area (Å²) in [5.74, 6) is 0. The first kappa shape index (κ1) is 16.5. The van der Waals surface area contributed by atoms with E-state index in [0.717, 1.165) is 27.4 Å². The Labute approximate surface area is 160 Å². The number of halogens is 1. The molecule has 4 rings (SSSR count). The van der Waals surface area contributed by atoms with E-state index in [-0.39, 0.29) is 6.04 Å². The fourth-order valence-electron chi connectivity index (χ4n) is 3.14. The Morgan fingerprint density at radius 2 is 1.84 bits per heavy atom. The molecule has 0 saturated heterocycles. The van der Waals surface area contributed by atoms with Gasteiger partial charge in [-0.05, 0) is 37.1 Å². The van der Waals surface area contributed by atoms with Crippen LogP contribution in [0.3, 0.4) is 0 Å². The van der Waals surface area contributed by atoms with E-state index in [0.29, 0.717) is 0 Å². The van der Waals surface area contributed by atoms with Gasteiger partial charge < -0.3 is 0 Å². The highest BCUT2D eigenvalue weighted by Crippen LogP contribution is 2.38. The summed E-state index contributed by atoms with van der Waals surface area (Å²) in [6.07, 6.45) is 0.880. The lowest BCUT2D eigenvalue weighted by Gasteiger charge is -2.21. The van der Waals surface area contributed by atoms with Gasteiger partial charge in [0.1, 0.15) is 0 Å². The number of anilines is 1. The normalized spacial score (nSPS) is 17.0. The molecule has 0 radical (unpaired) electrons. The number of thiazole rings is 1. The maximum absolute atomic E-state index is 4.97. The maximum atomic E-state index is 4.97. The first-order valence-corrected chi connectivity index (χ1v) is 9.89. The Kier molecular flexibility index (Phi) is 4.44. The van der Waals surface area contributed by atoms with Crippen LogP contribution < -0.4 is 5.01 Å². The molecule has 2 aromatic carbocycles. The van der Waals surface area contributed by atoms with Gasteiger partial charge in [-0.1, -0.05) is 52.3 Å². The number of rotatable bonds is 3. The van der Waals surface area contributed by atoms with Crippen LogP contribution in [0.1, 0.15) is 34.8 Å². The summed E-state index contributed by atoms with van der Waals surface area (Å²) in [5.41, 5.74) is 5.89. The van der Waals surface area contributed by atoms with Crippen molar-refractivity contribution in [1.82, 2.24) is 4.98 Å². The predicted octanol–water partition coefficient (Wildman–Crippen LogP) is 5.88. The summed E-state index contributed by atoms with van der Waals surface area (Å²) in [5, 5.41) is 10.1. The fraction of sp³-hybridized carbons (Fsp3) is 0.200. The van der Waals surface area contributed by atoms with Gasteiger partial charge in [-0.25, -0.2) is 9.99 Å². The minimum Gasteiger partial charge on any atom is -0.231 e. The lowest BCUT2D eigenvalue weighted by molar-refractivity contribution is 0.705. The lowest BCUT2D eigenvalue weighted by atomic mass is 9.96. The van der Waals surface area contributed by atoms with Crippen molar-refractivity contribution in [2.75, 3.05) is 5.01 Å². The highest BCUT2D eigenvalue weighted by Gasteiger charge is 2.31. The first-order chi connectivity index (χ1) is 12.1. The van der Waals surface area contributed by atoms with Crippen molar-refractivity contribution in [2.24, 2.45) is 5.10 Å². The summed E-state index contributed by atoms with van der Waals surface area (Å²) in [6, 6.07) is 17.1. The Hall–Kier alpha value is -1.98. The number of hydrogen-bond donors (Lipinski definition) is 0. The van der Waals surface area contributed by atoms with E-state index >= 15 is 0 Å². The van der Waals surface area contributed by atoms with Gasteiger partial charge in [-0.3, -0.25) is 0 Å². The van der Waals surface area contributed by atoms with Crippen LogP contribution >= 0.6 is 27.3 Å². The summed E-state index contributed by atoms with van der Waals surface area (Å²) in [6.45, 7) is 4.17. The number of hydrazone groups is 1. The number of aryl methyl sites for hydroxylation is 2. The van der Waals surface area contributed by atoms with Crippen LogP contribution in [0.15, 0.2) is 63.5 Å². The second-order valence-corrected chi connectivity index (χ2v) is 8.00. The van der Waals surface area contributed by atoms with Crippen LogP contribution in [0.25, 0.3) is 0 Å². The summed E-state index contributed by atoms with van der Waals surface area (Å²) in [7, 11) is 0. The van der Waals surface area contributed by atoms with Gasteiger partial charge in [0.25, 0.3) is 0 Å². The Morgan fingerprint density at radius 1 is 1.08 bits per heavy atom. The third kappa shape index (κ3) is 3.26. The van der Waals surface area contributed by atoms with Crippen molar-refractivity contribution >= 4 is 38.1 Å². The zero-order valence-corrected chi connectivity index (χ0v) is 16.5. The molecule has 0 saturated carbocycles. The fourth-order valence-corrected chi connectivity index (χ4v) is 4.20. The van der Waals surface area contributed by atoms with Gasteiger partial charge in [-0.15, -0.1) is 11.3 Å². The minimum atomic E-state index is 0.174. The van der Waals surface area contributed by atoms with Crippen molar-refractivity contribution in [3.8, 4) is 0 Å². The van der Waals surface area contributed by atoms with Gasteiger partial charge in [0.05, 0.1) is 17.4 Å². The molecule has 0 fully saturated rings. The van der Waals surface area contributed by atoms with Crippen LogP contribution in [0.5, 0.6) is 0 Å². The molecule has 25 heavy (non-hydrogen) atoms. The molecule has 3 nitrogen and oxygen atoms in total. The van der Waals surface area contributed by atoms with E-state index in [1.807, 2.05) is 6.92 Å². The predicted molar refractivity (Wildman–Crippen MR) is 109 cm³/mol. The number of nitrogens with zero attached hydrogens (tertiary/aromatic N) is 3. The molecule has 5 heteroatoms. The quantitative estimate of drug-likeness (QED) is 0.538. The molecule has 1 atom stereocenters. The van der Waals surface area contributed by atoms with Crippen LogP contribution in [-0.2, 0) is 0 Å². The molecule has 0 N–H and O–H groups in total. The van der Waals surface area contributed by atoms with E-state index < -0.39 is 0 Å². The van der Waals surface area contributed by atoms with E-state index in [1.165, 1.54) is 16.7 Å². The van der Waals surface area contributed by atoms with Crippen LogP contribution in [0.2, 0.25) is 0 Å². The van der Waals surface area contributed by atoms with Crippen LogP contribution in [-0.4, -0.2) is 10.7 Å². The zero-order valence-electron chi connectivity index (χ0n) is 14.1.